The van der Waals surface area contributed by atoms with Gasteiger partial charge in [-0.3, -0.25) is 0 Å². The van der Waals surface area contributed by atoms with Crippen molar-refractivity contribution in [2.45, 2.75) is 11.4 Å². The molecule has 0 aliphatic carbocycles. The van der Waals surface area contributed by atoms with E-state index in [0.29, 0.717) is 11.4 Å². The maximum Gasteiger partial charge on any atom is 0.490 e. The summed E-state index contributed by atoms with van der Waals surface area (Å²) < 4.78 is 25.1. The summed E-state index contributed by atoms with van der Waals surface area (Å²) in [6.07, 6.45) is 2.80. The molecule has 124 valence electrons. The maximum absolute atomic E-state index is 11.2. The van der Waals surface area contributed by atoms with Gasteiger partial charge in [0.25, 0.3) is 0 Å². The molecule has 0 saturated heterocycles. The Bertz CT molecular complexity index is 991. The Labute approximate surface area is 134 Å². The topological polar surface area (TPSA) is 165 Å². The Kier molecular flexibility index (Phi) is 3.78. The monoisotopic (exact) mass is 350 g/mol. The van der Waals surface area contributed by atoms with Gasteiger partial charge >= 0.3 is 5.95 Å². The van der Waals surface area contributed by atoms with E-state index in [1.165, 1.54) is 40.0 Å². The second-order valence-electron chi connectivity index (χ2n) is 4.69. The highest BCUT2D eigenvalue weighted by atomic mass is 32.2. The van der Waals surface area contributed by atoms with Gasteiger partial charge in [-0.25, -0.2) is 18.2 Å². The third-order valence-electron chi connectivity index (χ3n) is 2.98. The van der Waals surface area contributed by atoms with Gasteiger partial charge in [0.05, 0.1) is 16.8 Å². The molecule has 0 aliphatic rings. The van der Waals surface area contributed by atoms with Crippen LogP contribution in [0, 0.1) is 10.1 Å². The molecule has 3 rings (SSSR count). The fourth-order valence-corrected chi connectivity index (χ4v) is 2.41. The van der Waals surface area contributed by atoms with Crippen molar-refractivity contribution < 1.29 is 13.3 Å². The number of benzene rings is 1. The lowest BCUT2D eigenvalue weighted by atomic mass is 10.3. The van der Waals surface area contributed by atoms with Crippen LogP contribution in [0.3, 0.4) is 0 Å². The van der Waals surface area contributed by atoms with E-state index in [0.717, 1.165) is 0 Å². The summed E-state index contributed by atoms with van der Waals surface area (Å²) in [5.41, 5.74) is 1.07. The maximum atomic E-state index is 11.2. The Morgan fingerprint density at radius 2 is 1.96 bits per heavy atom. The standard InChI is InChI=1S/C11H10N8O4S/c12-24(22,23)10-3-1-9(2-4-10)18-6-8(14-16-18)5-17-7-13-11(15-17)19(20)21/h1-4,6-7H,5H2,(H2,12,22,23). The average molecular weight is 350 g/mol. The van der Waals surface area contributed by atoms with Crippen molar-refractivity contribution >= 4 is 16.0 Å². The molecule has 12 nitrogen and oxygen atoms in total. The van der Waals surface area contributed by atoms with Crippen LogP contribution in [0.4, 0.5) is 5.95 Å². The Hall–Kier alpha value is -3.19. The first-order valence-corrected chi connectivity index (χ1v) is 7.96. The summed E-state index contributed by atoms with van der Waals surface area (Å²) in [4.78, 5) is 13.4. The van der Waals surface area contributed by atoms with Crippen LogP contribution in [0.1, 0.15) is 5.69 Å². The zero-order valence-corrected chi connectivity index (χ0v) is 12.7. The molecule has 2 aromatic heterocycles. The van der Waals surface area contributed by atoms with Crippen molar-refractivity contribution in [3.8, 4) is 5.69 Å². The van der Waals surface area contributed by atoms with Crippen molar-refractivity contribution in [3.05, 3.63) is 52.6 Å². The molecule has 2 N–H and O–H groups in total. The molecule has 2 heterocycles. The van der Waals surface area contributed by atoms with E-state index in [-0.39, 0.29) is 11.4 Å². The number of sulfonamides is 1. The molecule has 3 aromatic rings. The zero-order valence-electron chi connectivity index (χ0n) is 11.9. The van der Waals surface area contributed by atoms with Crippen LogP contribution in [-0.4, -0.2) is 43.1 Å². The predicted octanol–water partition coefficient (Wildman–Crippen LogP) is -0.537. The van der Waals surface area contributed by atoms with Crippen LogP contribution in [0.5, 0.6) is 0 Å². The highest BCUT2D eigenvalue weighted by Crippen LogP contribution is 2.12. The fraction of sp³-hybridized carbons (Fsp3) is 0.0909. The zero-order chi connectivity index (χ0) is 17.3. The molecule has 0 fully saturated rings. The lowest BCUT2D eigenvalue weighted by Gasteiger charge is -2.01. The third kappa shape index (κ3) is 3.26. The van der Waals surface area contributed by atoms with Crippen LogP contribution in [0.2, 0.25) is 0 Å². The molecule has 0 radical (unpaired) electrons. The Morgan fingerprint density at radius 3 is 2.54 bits per heavy atom. The number of aromatic nitrogens is 6. The van der Waals surface area contributed by atoms with E-state index in [9.17, 15) is 18.5 Å². The van der Waals surface area contributed by atoms with E-state index in [2.05, 4.69) is 20.4 Å². The average Bonchev–Trinajstić information content (AvgIpc) is 3.16. The first-order chi connectivity index (χ1) is 11.3. The second kappa shape index (κ2) is 5.78. The Balaban J connectivity index is 1.78. The van der Waals surface area contributed by atoms with Crippen LogP contribution in [-0.2, 0) is 16.6 Å². The minimum Gasteiger partial charge on any atom is -0.390 e. The molecular formula is C11H10N8O4S. The first-order valence-electron chi connectivity index (χ1n) is 6.41. The smallest absolute Gasteiger partial charge is 0.390 e. The van der Waals surface area contributed by atoms with Gasteiger partial charge < -0.3 is 10.1 Å². The third-order valence-corrected chi connectivity index (χ3v) is 3.91. The molecule has 0 aliphatic heterocycles. The SMILES string of the molecule is NS(=O)(=O)c1ccc(-n2cc(Cn3cnc([N+](=O)[O-])n3)nn2)cc1. The summed E-state index contributed by atoms with van der Waals surface area (Å²) in [7, 11) is -3.76. The van der Waals surface area contributed by atoms with E-state index >= 15 is 0 Å². The Morgan fingerprint density at radius 1 is 1.25 bits per heavy atom. The number of nitrogens with zero attached hydrogens (tertiary/aromatic N) is 7. The lowest BCUT2D eigenvalue weighted by molar-refractivity contribution is -0.394. The fourth-order valence-electron chi connectivity index (χ4n) is 1.90. The van der Waals surface area contributed by atoms with E-state index in [4.69, 9.17) is 5.14 Å². The highest BCUT2D eigenvalue weighted by Gasteiger charge is 2.14. The van der Waals surface area contributed by atoms with Crippen LogP contribution in [0.15, 0.2) is 41.7 Å². The normalized spacial score (nSPS) is 11.5. The molecule has 1 aromatic carbocycles. The van der Waals surface area contributed by atoms with E-state index < -0.39 is 20.9 Å². The van der Waals surface area contributed by atoms with Gasteiger partial charge in [-0.15, -0.1) is 5.10 Å². The number of hydrogen-bond acceptors (Lipinski definition) is 8. The first kappa shape index (κ1) is 15.7. The van der Waals surface area contributed by atoms with Crippen LogP contribution in [0.25, 0.3) is 5.69 Å². The van der Waals surface area contributed by atoms with Crippen molar-refractivity contribution in [2.24, 2.45) is 5.14 Å². The molecule has 0 amide bonds. The number of rotatable bonds is 5. The van der Waals surface area contributed by atoms with Gasteiger partial charge in [0, 0.05) is 5.10 Å². The van der Waals surface area contributed by atoms with Crippen molar-refractivity contribution in [3.63, 3.8) is 0 Å². The quantitative estimate of drug-likeness (QED) is 0.473. The number of nitro groups is 1. The predicted molar refractivity (Wildman–Crippen MR) is 78.5 cm³/mol. The molecule has 0 saturated carbocycles. The molecule has 0 atom stereocenters. The number of primary sulfonamides is 1. The van der Waals surface area contributed by atoms with Crippen molar-refractivity contribution in [1.29, 1.82) is 0 Å². The van der Waals surface area contributed by atoms with Crippen LogP contribution < -0.4 is 5.14 Å². The molecule has 0 unspecified atom stereocenters. The van der Waals surface area contributed by atoms with Crippen LogP contribution >= 0.6 is 0 Å². The van der Waals surface area contributed by atoms with E-state index in [1.807, 2.05) is 0 Å². The molecular weight excluding hydrogens is 340 g/mol. The van der Waals surface area contributed by atoms with Gasteiger partial charge in [0.1, 0.15) is 12.2 Å². The summed E-state index contributed by atoms with van der Waals surface area (Å²) in [5, 5.41) is 27.1. The van der Waals surface area contributed by atoms with Gasteiger partial charge in [-0.1, -0.05) is 10.2 Å². The van der Waals surface area contributed by atoms with Gasteiger partial charge in [-0.05, 0) is 29.2 Å². The summed E-state index contributed by atoms with van der Waals surface area (Å²) in [6.45, 7) is 0.149. The summed E-state index contributed by atoms with van der Waals surface area (Å²) in [5.74, 6) is -0.499. The lowest BCUT2D eigenvalue weighted by Crippen LogP contribution is -2.12. The molecule has 0 spiro atoms. The van der Waals surface area contributed by atoms with E-state index in [1.54, 1.807) is 6.20 Å². The molecule has 24 heavy (non-hydrogen) atoms. The minimum atomic E-state index is -3.76. The van der Waals surface area contributed by atoms with Gasteiger partial charge in [0.15, 0.2) is 0 Å². The second-order valence-corrected chi connectivity index (χ2v) is 6.25. The number of nitrogens with two attached hydrogens (primary N) is 1. The number of hydrogen-bond donors (Lipinski definition) is 1. The van der Waals surface area contributed by atoms with Gasteiger partial charge in [0.2, 0.25) is 16.4 Å². The highest BCUT2D eigenvalue weighted by molar-refractivity contribution is 7.89. The van der Waals surface area contributed by atoms with Crippen molar-refractivity contribution in [2.75, 3.05) is 0 Å². The summed E-state index contributed by atoms with van der Waals surface area (Å²) in [6, 6.07) is 5.76. The molecule has 13 heteroatoms. The minimum absolute atomic E-state index is 0.0125. The van der Waals surface area contributed by atoms with Crippen molar-refractivity contribution in [1.82, 2.24) is 29.8 Å². The largest absolute Gasteiger partial charge is 0.490 e. The summed E-state index contributed by atoms with van der Waals surface area (Å²) >= 11 is 0. The molecule has 0 bridgehead atoms. The van der Waals surface area contributed by atoms with Gasteiger partial charge in [-0.2, -0.15) is 4.68 Å².